The molecule has 2 aliphatic rings. The van der Waals surface area contributed by atoms with Crippen LogP contribution in [-0.2, 0) is 12.8 Å². The lowest BCUT2D eigenvalue weighted by Crippen LogP contribution is -2.28. The number of hydrogen-bond acceptors (Lipinski definition) is 3. The lowest BCUT2D eigenvalue weighted by Gasteiger charge is -2.23. The van der Waals surface area contributed by atoms with Crippen LogP contribution in [0.15, 0.2) is 6.20 Å². The molecule has 1 fully saturated rings. The second-order valence-corrected chi connectivity index (χ2v) is 5.68. The SMILES string of the molecule is OCC1CCCc2nc(CC3CCNCC3)cn21. The van der Waals surface area contributed by atoms with Crippen molar-refractivity contribution in [2.24, 2.45) is 5.92 Å². The number of nitrogens with zero attached hydrogens (tertiary/aromatic N) is 2. The third-order valence-corrected chi connectivity index (χ3v) is 4.36. The van der Waals surface area contributed by atoms with E-state index in [0.717, 1.165) is 44.7 Å². The van der Waals surface area contributed by atoms with E-state index in [1.807, 2.05) is 0 Å². The standard InChI is InChI=1S/C14H23N3O/c18-10-13-2-1-3-14-16-12(9-17(13)14)8-11-4-6-15-7-5-11/h9,11,13,15,18H,1-8,10H2. The summed E-state index contributed by atoms with van der Waals surface area (Å²) in [5, 5.41) is 12.8. The second-order valence-electron chi connectivity index (χ2n) is 5.68. The molecule has 1 saturated heterocycles. The van der Waals surface area contributed by atoms with E-state index in [-0.39, 0.29) is 12.6 Å². The van der Waals surface area contributed by atoms with Gasteiger partial charge in [-0.3, -0.25) is 0 Å². The number of fused-ring (bicyclic) bond motifs is 1. The van der Waals surface area contributed by atoms with E-state index >= 15 is 0 Å². The highest BCUT2D eigenvalue weighted by Crippen LogP contribution is 2.26. The van der Waals surface area contributed by atoms with E-state index < -0.39 is 0 Å². The molecule has 18 heavy (non-hydrogen) atoms. The van der Waals surface area contributed by atoms with E-state index in [0.29, 0.717) is 0 Å². The first-order chi connectivity index (χ1) is 8.86. The van der Waals surface area contributed by atoms with Crippen molar-refractivity contribution in [3.63, 3.8) is 0 Å². The molecule has 1 aromatic rings. The third-order valence-electron chi connectivity index (χ3n) is 4.36. The molecule has 0 radical (unpaired) electrons. The van der Waals surface area contributed by atoms with E-state index in [1.165, 1.54) is 24.4 Å². The van der Waals surface area contributed by atoms with Crippen molar-refractivity contribution >= 4 is 0 Å². The molecule has 0 aromatic carbocycles. The Kier molecular flexibility index (Phi) is 3.66. The summed E-state index contributed by atoms with van der Waals surface area (Å²) in [7, 11) is 0. The summed E-state index contributed by atoms with van der Waals surface area (Å²) in [4.78, 5) is 4.77. The van der Waals surface area contributed by atoms with Crippen LogP contribution in [0.3, 0.4) is 0 Å². The van der Waals surface area contributed by atoms with Crippen LogP contribution in [0, 0.1) is 5.92 Å². The van der Waals surface area contributed by atoms with Gasteiger partial charge in [0, 0.05) is 12.6 Å². The van der Waals surface area contributed by atoms with Gasteiger partial charge in [-0.2, -0.15) is 0 Å². The number of imidazole rings is 1. The summed E-state index contributed by atoms with van der Waals surface area (Å²) in [6.45, 7) is 2.55. The first-order valence-electron chi connectivity index (χ1n) is 7.25. The van der Waals surface area contributed by atoms with Crippen molar-refractivity contribution in [2.75, 3.05) is 19.7 Å². The van der Waals surface area contributed by atoms with E-state index in [4.69, 9.17) is 4.98 Å². The molecule has 100 valence electrons. The molecule has 1 aromatic heterocycles. The summed E-state index contributed by atoms with van der Waals surface area (Å²) in [6, 6.07) is 0.267. The van der Waals surface area contributed by atoms with Gasteiger partial charge in [0.05, 0.1) is 18.3 Å². The summed E-state index contributed by atoms with van der Waals surface area (Å²) in [5.74, 6) is 1.97. The van der Waals surface area contributed by atoms with Crippen molar-refractivity contribution in [2.45, 2.75) is 44.6 Å². The van der Waals surface area contributed by atoms with Crippen LogP contribution in [0.25, 0.3) is 0 Å². The van der Waals surface area contributed by atoms with Crippen LogP contribution in [0.5, 0.6) is 0 Å². The highest BCUT2D eigenvalue weighted by molar-refractivity contribution is 5.09. The third kappa shape index (κ3) is 2.45. The molecule has 0 saturated carbocycles. The van der Waals surface area contributed by atoms with Crippen LogP contribution in [0.1, 0.15) is 43.2 Å². The molecule has 2 N–H and O–H groups in total. The number of nitrogens with one attached hydrogen (secondary N) is 1. The minimum atomic E-state index is 0.246. The molecule has 0 amide bonds. The van der Waals surface area contributed by atoms with Gasteiger partial charge in [-0.15, -0.1) is 0 Å². The van der Waals surface area contributed by atoms with Crippen molar-refractivity contribution in [3.8, 4) is 0 Å². The first-order valence-corrected chi connectivity index (χ1v) is 7.25. The molecule has 3 heterocycles. The van der Waals surface area contributed by atoms with Crippen LogP contribution >= 0.6 is 0 Å². The Balaban J connectivity index is 1.71. The molecule has 0 aliphatic carbocycles. The molecule has 4 nitrogen and oxygen atoms in total. The number of aliphatic hydroxyl groups excluding tert-OH is 1. The van der Waals surface area contributed by atoms with Gasteiger partial charge in [-0.1, -0.05) is 0 Å². The predicted octanol–water partition coefficient (Wildman–Crippen LogP) is 1.29. The molecule has 1 unspecified atom stereocenters. The Morgan fingerprint density at radius 1 is 1.33 bits per heavy atom. The highest BCUT2D eigenvalue weighted by Gasteiger charge is 2.22. The normalized spacial score (nSPS) is 25.1. The smallest absolute Gasteiger partial charge is 0.109 e. The van der Waals surface area contributed by atoms with Crippen molar-refractivity contribution in [1.82, 2.24) is 14.9 Å². The second kappa shape index (κ2) is 5.41. The molecular weight excluding hydrogens is 226 g/mol. The largest absolute Gasteiger partial charge is 0.394 e. The number of rotatable bonds is 3. The number of aryl methyl sites for hydroxylation is 1. The van der Waals surface area contributed by atoms with Crippen molar-refractivity contribution < 1.29 is 5.11 Å². The van der Waals surface area contributed by atoms with Gasteiger partial charge in [0.15, 0.2) is 0 Å². The molecule has 0 bridgehead atoms. The van der Waals surface area contributed by atoms with Gasteiger partial charge >= 0.3 is 0 Å². The van der Waals surface area contributed by atoms with E-state index in [1.54, 1.807) is 0 Å². The van der Waals surface area contributed by atoms with Crippen molar-refractivity contribution in [1.29, 1.82) is 0 Å². The topological polar surface area (TPSA) is 50.1 Å². The van der Waals surface area contributed by atoms with Gasteiger partial charge in [0.2, 0.25) is 0 Å². The summed E-state index contributed by atoms with van der Waals surface area (Å²) in [6.07, 6.45) is 9.17. The zero-order valence-corrected chi connectivity index (χ0v) is 10.9. The predicted molar refractivity (Wildman–Crippen MR) is 70.6 cm³/mol. The van der Waals surface area contributed by atoms with Crippen LogP contribution < -0.4 is 5.32 Å². The lowest BCUT2D eigenvalue weighted by molar-refractivity contribution is 0.206. The Bertz CT molecular complexity index is 396. The summed E-state index contributed by atoms with van der Waals surface area (Å²) >= 11 is 0. The van der Waals surface area contributed by atoms with Gasteiger partial charge in [0.1, 0.15) is 5.82 Å². The molecule has 2 aliphatic heterocycles. The maximum atomic E-state index is 9.41. The van der Waals surface area contributed by atoms with Gasteiger partial charge in [0.25, 0.3) is 0 Å². The van der Waals surface area contributed by atoms with Gasteiger partial charge in [-0.25, -0.2) is 4.98 Å². The Labute approximate surface area is 108 Å². The first kappa shape index (κ1) is 12.2. The minimum absolute atomic E-state index is 0.246. The van der Waals surface area contributed by atoms with E-state index in [9.17, 15) is 5.11 Å². The molecule has 3 rings (SSSR count). The quantitative estimate of drug-likeness (QED) is 0.849. The lowest BCUT2D eigenvalue weighted by atomic mass is 9.93. The monoisotopic (exact) mass is 249 g/mol. The summed E-state index contributed by atoms with van der Waals surface area (Å²) in [5.41, 5.74) is 1.23. The van der Waals surface area contributed by atoms with Crippen LogP contribution in [-0.4, -0.2) is 34.4 Å². The number of aliphatic hydroxyl groups is 1. The average Bonchev–Trinajstić information content (AvgIpc) is 2.82. The maximum Gasteiger partial charge on any atom is 0.109 e. The fraction of sp³-hybridized carbons (Fsp3) is 0.786. The Hall–Kier alpha value is -0.870. The average molecular weight is 249 g/mol. The van der Waals surface area contributed by atoms with Crippen LogP contribution in [0.4, 0.5) is 0 Å². The van der Waals surface area contributed by atoms with E-state index in [2.05, 4.69) is 16.1 Å². The molecule has 1 atom stereocenters. The minimum Gasteiger partial charge on any atom is -0.394 e. The highest BCUT2D eigenvalue weighted by atomic mass is 16.3. The molecule has 0 spiro atoms. The van der Waals surface area contributed by atoms with Crippen LogP contribution in [0.2, 0.25) is 0 Å². The molecule has 4 heteroatoms. The molecular formula is C14H23N3O. The zero-order valence-electron chi connectivity index (χ0n) is 10.9. The summed E-state index contributed by atoms with van der Waals surface area (Å²) < 4.78 is 2.22. The number of hydrogen-bond donors (Lipinski definition) is 2. The van der Waals surface area contributed by atoms with Gasteiger partial charge < -0.3 is 15.0 Å². The van der Waals surface area contributed by atoms with Crippen molar-refractivity contribution in [3.05, 3.63) is 17.7 Å². The maximum absolute atomic E-state index is 9.41. The fourth-order valence-electron chi connectivity index (χ4n) is 3.28. The fourth-order valence-corrected chi connectivity index (χ4v) is 3.28. The number of aromatic nitrogens is 2. The Morgan fingerprint density at radius 2 is 2.17 bits per heavy atom. The zero-order chi connectivity index (χ0) is 12.4. The van der Waals surface area contributed by atoms with Gasteiger partial charge in [-0.05, 0) is 51.1 Å². The Morgan fingerprint density at radius 3 is 2.94 bits per heavy atom. The number of piperidine rings is 1.